The predicted octanol–water partition coefficient (Wildman–Crippen LogP) is 3.98. The number of hydrogen-bond donors (Lipinski definition) is 0. The van der Waals surface area contributed by atoms with Crippen molar-refractivity contribution in [3.63, 3.8) is 0 Å². The summed E-state index contributed by atoms with van der Waals surface area (Å²) in [5, 5.41) is 0. The van der Waals surface area contributed by atoms with E-state index in [0.29, 0.717) is 35.8 Å². The molecule has 1 saturated heterocycles. The van der Waals surface area contributed by atoms with Crippen LogP contribution in [0.3, 0.4) is 0 Å². The van der Waals surface area contributed by atoms with Crippen LogP contribution in [0.15, 0.2) is 48.8 Å². The van der Waals surface area contributed by atoms with E-state index in [1.54, 1.807) is 28.6 Å². The number of nitrogens with zero attached hydrogens (tertiary/aromatic N) is 6. The van der Waals surface area contributed by atoms with Gasteiger partial charge in [-0.1, -0.05) is 0 Å². The summed E-state index contributed by atoms with van der Waals surface area (Å²) >= 11 is 0. The van der Waals surface area contributed by atoms with Crippen molar-refractivity contribution in [2.75, 3.05) is 19.7 Å². The molecule has 190 valence electrons. The molecular formula is C25H20F4N6O2. The minimum absolute atomic E-state index is 0.0780. The molecule has 12 heteroatoms. The Morgan fingerprint density at radius 1 is 1.08 bits per heavy atom. The van der Waals surface area contributed by atoms with Gasteiger partial charge in [-0.2, -0.15) is 13.2 Å². The smallest absolute Gasteiger partial charge is 0.437 e. The minimum atomic E-state index is -4.59. The zero-order valence-electron chi connectivity index (χ0n) is 19.5. The highest BCUT2D eigenvalue weighted by molar-refractivity contribution is 5.93. The van der Waals surface area contributed by atoms with E-state index < -0.39 is 11.9 Å². The first-order valence-corrected chi connectivity index (χ1v) is 11.6. The summed E-state index contributed by atoms with van der Waals surface area (Å²) in [7, 11) is 1.75. The highest BCUT2D eigenvalue weighted by Gasteiger charge is 2.57. The number of amides is 1. The predicted molar refractivity (Wildman–Crippen MR) is 123 cm³/mol. The lowest BCUT2D eigenvalue weighted by Crippen LogP contribution is -2.33. The number of carbonyl (C=O) groups excluding carboxylic acids is 1. The van der Waals surface area contributed by atoms with Crippen LogP contribution in [-0.2, 0) is 13.2 Å². The Hall–Kier alpha value is -4.09. The van der Waals surface area contributed by atoms with Gasteiger partial charge in [0.05, 0.1) is 12.8 Å². The van der Waals surface area contributed by atoms with Gasteiger partial charge in [0, 0.05) is 37.8 Å². The molecule has 1 aliphatic heterocycles. The number of aryl methyl sites for hydroxylation is 1. The van der Waals surface area contributed by atoms with Gasteiger partial charge < -0.3 is 14.2 Å². The van der Waals surface area contributed by atoms with Crippen molar-refractivity contribution in [3.8, 4) is 17.1 Å². The second-order valence-corrected chi connectivity index (χ2v) is 9.26. The van der Waals surface area contributed by atoms with Gasteiger partial charge in [0.25, 0.3) is 5.91 Å². The number of rotatable bonds is 5. The first-order valence-electron chi connectivity index (χ1n) is 11.6. The SMILES string of the molecule is Cn1c(-c2ccc(F)cc2)nc2ncc(C(=O)N3C[C@@H]4C(COc5cccnc5C(F)(F)F)[C@@H]4C3)nc21. The van der Waals surface area contributed by atoms with Crippen LogP contribution in [0.1, 0.15) is 16.2 Å². The summed E-state index contributed by atoms with van der Waals surface area (Å²) in [5.41, 5.74) is 0.633. The molecule has 2 fully saturated rings. The van der Waals surface area contributed by atoms with Crippen molar-refractivity contribution in [3.05, 3.63) is 66.0 Å². The molecule has 2 aliphatic rings. The monoisotopic (exact) mass is 512 g/mol. The van der Waals surface area contributed by atoms with Gasteiger partial charge in [0.1, 0.15) is 23.1 Å². The molecular weight excluding hydrogens is 492 g/mol. The number of benzene rings is 1. The standard InChI is InChI=1S/C25H20F4N6O2/c1-34-22(13-4-6-14(26)7-5-13)33-21-23(34)32-18(9-31-21)24(36)35-10-15-16(11-35)17(15)12-37-19-3-2-8-30-20(19)25(27,28)29/h2-9,15-17H,10-12H2,1H3/t15-,16+,17?. The van der Waals surface area contributed by atoms with E-state index in [9.17, 15) is 22.4 Å². The van der Waals surface area contributed by atoms with Gasteiger partial charge >= 0.3 is 6.18 Å². The van der Waals surface area contributed by atoms with Crippen molar-refractivity contribution < 1.29 is 27.1 Å². The van der Waals surface area contributed by atoms with Crippen LogP contribution in [0.2, 0.25) is 0 Å². The summed E-state index contributed by atoms with van der Waals surface area (Å²) in [6.45, 7) is 1.09. The van der Waals surface area contributed by atoms with Gasteiger partial charge in [-0.3, -0.25) is 4.79 Å². The van der Waals surface area contributed by atoms with Crippen LogP contribution >= 0.6 is 0 Å². The molecule has 0 bridgehead atoms. The molecule has 1 aliphatic carbocycles. The molecule has 1 saturated carbocycles. The first kappa shape index (κ1) is 23.3. The number of fused-ring (bicyclic) bond motifs is 2. The van der Waals surface area contributed by atoms with Crippen LogP contribution < -0.4 is 4.74 Å². The summed E-state index contributed by atoms with van der Waals surface area (Å²) in [5.74, 6) is 0.0422. The summed E-state index contributed by atoms with van der Waals surface area (Å²) in [6, 6.07) is 8.57. The third-order valence-corrected chi connectivity index (χ3v) is 7.03. The quantitative estimate of drug-likeness (QED) is 0.376. The average molecular weight is 512 g/mol. The number of carbonyl (C=O) groups is 1. The Morgan fingerprint density at radius 2 is 1.81 bits per heavy atom. The topological polar surface area (TPSA) is 86.0 Å². The van der Waals surface area contributed by atoms with Crippen molar-refractivity contribution in [1.29, 1.82) is 0 Å². The molecule has 0 spiro atoms. The van der Waals surface area contributed by atoms with E-state index >= 15 is 0 Å². The maximum atomic E-state index is 13.3. The molecule has 0 N–H and O–H groups in total. The van der Waals surface area contributed by atoms with E-state index in [4.69, 9.17) is 4.74 Å². The molecule has 1 aromatic carbocycles. The average Bonchev–Trinajstić information content (AvgIpc) is 3.18. The van der Waals surface area contributed by atoms with Crippen molar-refractivity contribution in [2.45, 2.75) is 6.18 Å². The number of imidazole rings is 1. The van der Waals surface area contributed by atoms with Crippen LogP contribution in [0, 0.1) is 23.6 Å². The number of likely N-dealkylation sites (tertiary alicyclic amines) is 1. The number of ether oxygens (including phenoxy) is 1. The second-order valence-electron chi connectivity index (χ2n) is 9.26. The maximum absolute atomic E-state index is 13.3. The lowest BCUT2D eigenvalue weighted by molar-refractivity contribution is -0.142. The molecule has 4 heterocycles. The molecule has 1 unspecified atom stereocenters. The van der Waals surface area contributed by atoms with Gasteiger partial charge in [-0.05, 0) is 48.2 Å². The van der Waals surface area contributed by atoms with Crippen molar-refractivity contribution in [1.82, 2.24) is 29.4 Å². The molecule has 37 heavy (non-hydrogen) atoms. The van der Waals surface area contributed by atoms with Crippen LogP contribution in [-0.4, -0.2) is 55.0 Å². The number of aromatic nitrogens is 5. The Balaban J connectivity index is 1.11. The van der Waals surface area contributed by atoms with Crippen LogP contribution in [0.25, 0.3) is 22.7 Å². The Bertz CT molecular complexity index is 1490. The highest BCUT2D eigenvalue weighted by atomic mass is 19.4. The third kappa shape index (κ3) is 4.15. The van der Waals surface area contributed by atoms with Crippen LogP contribution in [0.4, 0.5) is 17.6 Å². The van der Waals surface area contributed by atoms with Gasteiger partial charge in [-0.15, -0.1) is 0 Å². The molecule has 8 nitrogen and oxygen atoms in total. The molecule has 1 amide bonds. The third-order valence-electron chi connectivity index (χ3n) is 7.03. The summed E-state index contributed by atoms with van der Waals surface area (Å²) in [6.07, 6.45) is -2.12. The molecule has 6 rings (SSSR count). The number of alkyl halides is 3. The molecule has 3 atom stereocenters. The zero-order chi connectivity index (χ0) is 25.9. The van der Waals surface area contributed by atoms with E-state index in [-0.39, 0.29) is 47.5 Å². The van der Waals surface area contributed by atoms with E-state index in [2.05, 4.69) is 19.9 Å². The van der Waals surface area contributed by atoms with Crippen LogP contribution in [0.5, 0.6) is 5.75 Å². The summed E-state index contributed by atoms with van der Waals surface area (Å²) in [4.78, 5) is 31.4. The van der Waals surface area contributed by atoms with E-state index in [1.807, 2.05) is 0 Å². The lowest BCUT2D eigenvalue weighted by Gasteiger charge is -2.20. The van der Waals surface area contributed by atoms with E-state index in [1.165, 1.54) is 30.5 Å². The second kappa shape index (κ2) is 8.49. The summed E-state index contributed by atoms with van der Waals surface area (Å²) < 4.78 is 59.8. The highest BCUT2D eigenvalue weighted by Crippen LogP contribution is 2.52. The normalized spacial score (nSPS) is 20.8. The molecule has 3 aromatic heterocycles. The first-order chi connectivity index (χ1) is 17.7. The molecule has 4 aromatic rings. The fourth-order valence-electron chi connectivity index (χ4n) is 5.04. The minimum Gasteiger partial charge on any atom is -0.491 e. The fraction of sp³-hybridized carbons (Fsp3) is 0.320. The number of piperidine rings is 1. The Labute approximate surface area is 207 Å². The Kier molecular flexibility index (Phi) is 5.35. The van der Waals surface area contributed by atoms with Crippen molar-refractivity contribution in [2.24, 2.45) is 24.8 Å². The van der Waals surface area contributed by atoms with E-state index in [0.717, 1.165) is 6.20 Å². The Morgan fingerprint density at radius 3 is 2.51 bits per heavy atom. The maximum Gasteiger partial charge on any atom is 0.437 e. The molecule has 0 radical (unpaired) electrons. The number of hydrogen-bond acceptors (Lipinski definition) is 6. The zero-order valence-corrected chi connectivity index (χ0v) is 19.5. The van der Waals surface area contributed by atoms with Gasteiger partial charge in [0.15, 0.2) is 17.0 Å². The number of pyridine rings is 1. The fourth-order valence-corrected chi connectivity index (χ4v) is 5.04. The number of halogens is 4. The van der Waals surface area contributed by atoms with Gasteiger partial charge in [0.2, 0.25) is 0 Å². The largest absolute Gasteiger partial charge is 0.491 e. The lowest BCUT2D eigenvalue weighted by atomic mass is 10.2. The van der Waals surface area contributed by atoms with Crippen molar-refractivity contribution >= 4 is 17.2 Å². The van der Waals surface area contributed by atoms with Gasteiger partial charge in [-0.25, -0.2) is 24.3 Å².